The summed E-state index contributed by atoms with van der Waals surface area (Å²) in [5, 5.41) is 9.64. The first-order valence-corrected chi connectivity index (χ1v) is 10.00. The zero-order valence-electron chi connectivity index (χ0n) is 14.4. The maximum absolute atomic E-state index is 10.7. The molecule has 0 radical (unpaired) electrons. The van der Waals surface area contributed by atoms with Crippen molar-refractivity contribution >= 4 is 29.3 Å². The van der Waals surface area contributed by atoms with Crippen LogP contribution in [-0.2, 0) is 15.3 Å². The Bertz CT molecular complexity index is 738. The van der Waals surface area contributed by atoms with Gasteiger partial charge in [-0.25, -0.2) is 0 Å². The average molecular weight is 392 g/mol. The summed E-state index contributed by atoms with van der Waals surface area (Å²) >= 11 is 7.96. The van der Waals surface area contributed by atoms with Gasteiger partial charge in [0.15, 0.2) is 0 Å². The van der Waals surface area contributed by atoms with Gasteiger partial charge in [-0.3, -0.25) is 9.69 Å². The minimum atomic E-state index is -0.757. The summed E-state index contributed by atoms with van der Waals surface area (Å²) in [4.78, 5) is 14.1. The van der Waals surface area contributed by atoms with Gasteiger partial charge in [0.05, 0.1) is 19.1 Å². The second kappa shape index (κ2) is 9.42. The Labute approximate surface area is 163 Å². The Balaban J connectivity index is 1.55. The zero-order chi connectivity index (χ0) is 18.4. The number of hydrogen-bond acceptors (Lipinski definition) is 4. The molecule has 1 fully saturated rings. The van der Waals surface area contributed by atoms with E-state index in [2.05, 4.69) is 29.2 Å². The normalized spacial score (nSPS) is 18.0. The number of ether oxygens (including phenoxy) is 1. The first-order valence-electron chi connectivity index (χ1n) is 8.64. The number of carbonyl (C=O) groups is 1. The second-order valence-corrected chi connectivity index (χ2v) is 7.71. The molecule has 3 rings (SSSR count). The lowest BCUT2D eigenvalue weighted by atomic mass is 10.1. The number of benzene rings is 2. The molecule has 0 spiro atoms. The van der Waals surface area contributed by atoms with Gasteiger partial charge in [0.2, 0.25) is 0 Å². The predicted molar refractivity (Wildman–Crippen MR) is 105 cm³/mol. The number of rotatable bonds is 7. The Morgan fingerprint density at radius 2 is 2.00 bits per heavy atom. The molecule has 26 heavy (non-hydrogen) atoms. The van der Waals surface area contributed by atoms with Crippen molar-refractivity contribution in [3.05, 3.63) is 64.7 Å². The summed E-state index contributed by atoms with van der Waals surface area (Å²) < 4.78 is 5.87. The molecule has 6 heteroatoms. The van der Waals surface area contributed by atoms with E-state index in [4.69, 9.17) is 21.4 Å². The van der Waals surface area contributed by atoms with Crippen LogP contribution in [0.15, 0.2) is 53.4 Å². The number of thioether (sulfide) groups is 1. The van der Waals surface area contributed by atoms with Crippen LogP contribution in [0.5, 0.6) is 0 Å². The van der Waals surface area contributed by atoms with E-state index in [1.54, 1.807) is 11.8 Å². The van der Waals surface area contributed by atoms with E-state index in [9.17, 15) is 4.79 Å². The first kappa shape index (κ1) is 19.2. The van der Waals surface area contributed by atoms with E-state index < -0.39 is 5.97 Å². The molecule has 0 amide bonds. The summed E-state index contributed by atoms with van der Waals surface area (Å²) in [6.07, 6.45) is 0.171. The van der Waals surface area contributed by atoms with Crippen molar-refractivity contribution in [2.45, 2.75) is 23.2 Å². The number of nitrogens with zero attached hydrogens (tertiary/aromatic N) is 1. The maximum atomic E-state index is 10.7. The SMILES string of the molecule is O=C(O)CCN1CCO[C@H](c2ccc(SCc3ccccc3Cl)cc2)C1. The molecule has 1 aliphatic rings. The summed E-state index contributed by atoms with van der Waals surface area (Å²) in [5.41, 5.74) is 2.26. The monoisotopic (exact) mass is 391 g/mol. The lowest BCUT2D eigenvalue weighted by molar-refractivity contribution is -0.137. The average Bonchev–Trinajstić information content (AvgIpc) is 2.66. The highest BCUT2D eigenvalue weighted by Crippen LogP contribution is 2.29. The number of morpholine rings is 1. The highest BCUT2D eigenvalue weighted by molar-refractivity contribution is 7.98. The summed E-state index contributed by atoms with van der Waals surface area (Å²) in [7, 11) is 0. The molecule has 0 aliphatic carbocycles. The van der Waals surface area contributed by atoms with Gasteiger partial charge in [0.25, 0.3) is 0 Å². The van der Waals surface area contributed by atoms with Gasteiger partial charge < -0.3 is 9.84 Å². The van der Waals surface area contributed by atoms with Crippen LogP contribution >= 0.6 is 23.4 Å². The molecule has 1 atom stereocenters. The van der Waals surface area contributed by atoms with Crippen LogP contribution in [0.2, 0.25) is 5.02 Å². The third kappa shape index (κ3) is 5.48. The number of halogens is 1. The van der Waals surface area contributed by atoms with Crippen molar-refractivity contribution in [1.29, 1.82) is 0 Å². The third-order valence-electron chi connectivity index (χ3n) is 4.40. The quantitative estimate of drug-likeness (QED) is 0.705. The Hall–Kier alpha value is -1.53. The maximum Gasteiger partial charge on any atom is 0.304 e. The van der Waals surface area contributed by atoms with Crippen LogP contribution in [0.25, 0.3) is 0 Å². The smallest absolute Gasteiger partial charge is 0.304 e. The van der Waals surface area contributed by atoms with Crippen molar-refractivity contribution in [2.75, 3.05) is 26.2 Å². The molecule has 1 N–H and O–H groups in total. The molecule has 1 aliphatic heterocycles. The van der Waals surface area contributed by atoms with Crippen LogP contribution in [0, 0.1) is 0 Å². The molecule has 0 saturated carbocycles. The molecule has 1 saturated heterocycles. The fourth-order valence-electron chi connectivity index (χ4n) is 2.92. The van der Waals surface area contributed by atoms with Gasteiger partial charge >= 0.3 is 5.97 Å². The molecule has 0 bridgehead atoms. The number of carboxylic acid groups (broad SMARTS) is 1. The molecule has 2 aromatic carbocycles. The largest absolute Gasteiger partial charge is 0.481 e. The zero-order valence-corrected chi connectivity index (χ0v) is 16.0. The van der Waals surface area contributed by atoms with Crippen LogP contribution in [0.3, 0.4) is 0 Å². The number of hydrogen-bond donors (Lipinski definition) is 1. The Morgan fingerprint density at radius 1 is 1.23 bits per heavy atom. The van der Waals surface area contributed by atoms with Gasteiger partial charge in [-0.1, -0.05) is 41.9 Å². The Morgan fingerprint density at radius 3 is 2.73 bits per heavy atom. The minimum absolute atomic E-state index is 0.000151. The van der Waals surface area contributed by atoms with Crippen LogP contribution in [-0.4, -0.2) is 42.2 Å². The van der Waals surface area contributed by atoms with E-state index >= 15 is 0 Å². The highest BCUT2D eigenvalue weighted by Gasteiger charge is 2.22. The van der Waals surface area contributed by atoms with E-state index in [1.807, 2.05) is 24.3 Å². The molecule has 0 unspecified atom stereocenters. The molecule has 4 nitrogen and oxygen atoms in total. The lowest BCUT2D eigenvalue weighted by Gasteiger charge is -2.32. The summed E-state index contributed by atoms with van der Waals surface area (Å²) in [6, 6.07) is 16.3. The van der Waals surface area contributed by atoms with Crippen molar-refractivity contribution < 1.29 is 14.6 Å². The van der Waals surface area contributed by atoms with Gasteiger partial charge in [-0.2, -0.15) is 0 Å². The fraction of sp³-hybridized carbons (Fsp3) is 0.350. The summed E-state index contributed by atoms with van der Waals surface area (Å²) in [5.74, 6) is 0.0787. The van der Waals surface area contributed by atoms with Crippen molar-refractivity contribution in [1.82, 2.24) is 4.90 Å². The molecular weight excluding hydrogens is 370 g/mol. The van der Waals surface area contributed by atoms with Gasteiger partial charge in [-0.05, 0) is 29.3 Å². The topological polar surface area (TPSA) is 49.8 Å². The standard InChI is InChI=1S/C20H22ClNO3S/c21-18-4-2-1-3-16(18)14-26-17-7-5-15(6-8-17)19-13-22(11-12-25-19)10-9-20(23)24/h1-8,19H,9-14H2,(H,23,24)/t19-/m0/s1. The number of aliphatic carboxylic acids is 1. The first-order chi connectivity index (χ1) is 12.6. The molecule has 1 heterocycles. The van der Waals surface area contributed by atoms with Gasteiger partial charge in [-0.15, -0.1) is 11.8 Å². The lowest BCUT2D eigenvalue weighted by Crippen LogP contribution is -2.39. The molecule has 2 aromatic rings. The second-order valence-electron chi connectivity index (χ2n) is 6.25. The predicted octanol–water partition coefficient (Wildman–Crippen LogP) is 4.48. The van der Waals surface area contributed by atoms with E-state index in [-0.39, 0.29) is 12.5 Å². The van der Waals surface area contributed by atoms with Crippen molar-refractivity contribution in [2.24, 2.45) is 0 Å². The summed E-state index contributed by atoms with van der Waals surface area (Å²) in [6.45, 7) is 2.73. The van der Waals surface area contributed by atoms with E-state index in [1.165, 1.54) is 4.90 Å². The molecular formula is C20H22ClNO3S. The van der Waals surface area contributed by atoms with Crippen molar-refractivity contribution in [3.63, 3.8) is 0 Å². The van der Waals surface area contributed by atoms with Crippen LogP contribution in [0.4, 0.5) is 0 Å². The van der Waals surface area contributed by atoms with E-state index in [0.29, 0.717) is 13.2 Å². The fourth-order valence-corrected chi connectivity index (χ4v) is 4.10. The van der Waals surface area contributed by atoms with E-state index in [0.717, 1.165) is 35.0 Å². The molecule has 138 valence electrons. The highest BCUT2D eigenvalue weighted by atomic mass is 35.5. The molecule has 0 aromatic heterocycles. The van der Waals surface area contributed by atoms with Gasteiger partial charge in [0, 0.05) is 35.3 Å². The number of carboxylic acids is 1. The third-order valence-corrected chi connectivity index (χ3v) is 5.83. The van der Waals surface area contributed by atoms with Crippen LogP contribution in [0.1, 0.15) is 23.7 Å². The van der Waals surface area contributed by atoms with Gasteiger partial charge in [0.1, 0.15) is 0 Å². The van der Waals surface area contributed by atoms with Crippen LogP contribution < -0.4 is 0 Å². The van der Waals surface area contributed by atoms with Crippen molar-refractivity contribution in [3.8, 4) is 0 Å². The Kier molecular flexibility index (Phi) is 6.97. The minimum Gasteiger partial charge on any atom is -0.481 e.